The smallest absolute Gasteiger partial charge is 0.252 e. The van der Waals surface area contributed by atoms with Gasteiger partial charge in [0.15, 0.2) is 0 Å². The van der Waals surface area contributed by atoms with Gasteiger partial charge in [0, 0.05) is 6.54 Å². The van der Waals surface area contributed by atoms with Gasteiger partial charge in [-0.05, 0) is 18.6 Å². The van der Waals surface area contributed by atoms with E-state index in [2.05, 4.69) is 5.32 Å². The largest absolute Gasteiger partial charge is 0.352 e. The summed E-state index contributed by atoms with van der Waals surface area (Å²) in [4.78, 5) is 11.6. The fraction of sp³-hybridized carbons (Fsp3) is 0.364. The van der Waals surface area contributed by atoms with E-state index in [-0.39, 0.29) is 20.5 Å². The summed E-state index contributed by atoms with van der Waals surface area (Å²) in [7, 11) is -3.95. The molecule has 3 N–H and O–H groups in total. The second kappa shape index (κ2) is 6.56. The highest BCUT2D eigenvalue weighted by Gasteiger charge is 2.18. The molecule has 0 aromatic heterocycles. The van der Waals surface area contributed by atoms with Gasteiger partial charge in [-0.15, -0.1) is 0 Å². The molecular formula is C11H14Cl2N2O3S. The van der Waals surface area contributed by atoms with Crippen molar-refractivity contribution in [1.29, 1.82) is 0 Å². The van der Waals surface area contributed by atoms with Crippen molar-refractivity contribution in [1.82, 2.24) is 5.32 Å². The first-order chi connectivity index (χ1) is 8.77. The predicted molar refractivity (Wildman–Crippen MR) is 75.1 cm³/mol. The highest BCUT2D eigenvalue weighted by atomic mass is 35.5. The van der Waals surface area contributed by atoms with Gasteiger partial charge in [0.2, 0.25) is 10.0 Å². The normalized spacial score (nSPS) is 11.4. The van der Waals surface area contributed by atoms with Crippen LogP contribution in [0.2, 0.25) is 10.0 Å². The van der Waals surface area contributed by atoms with Crippen LogP contribution in [0.1, 0.15) is 30.1 Å². The highest BCUT2D eigenvalue weighted by molar-refractivity contribution is 7.89. The molecule has 0 aliphatic carbocycles. The van der Waals surface area contributed by atoms with Crippen molar-refractivity contribution in [2.24, 2.45) is 5.14 Å². The number of rotatable bonds is 5. The molecule has 1 aromatic carbocycles. The molecule has 0 saturated carbocycles. The zero-order chi connectivity index (χ0) is 14.6. The summed E-state index contributed by atoms with van der Waals surface area (Å²) in [6.07, 6.45) is 1.73. The van der Waals surface area contributed by atoms with Gasteiger partial charge in [-0.1, -0.05) is 36.5 Å². The SMILES string of the molecule is CCCCNC(=O)c1cc(S(N)(=O)=O)cc(Cl)c1Cl. The monoisotopic (exact) mass is 324 g/mol. The maximum Gasteiger partial charge on any atom is 0.252 e. The Kier molecular flexibility index (Phi) is 5.61. The first-order valence-corrected chi connectivity index (χ1v) is 7.87. The standard InChI is InChI=1S/C11H14Cl2N2O3S/c1-2-3-4-15-11(16)8-5-7(19(14,17)18)6-9(12)10(8)13/h5-6H,2-4H2,1H3,(H,15,16)(H2,14,17,18). The van der Waals surface area contributed by atoms with Crippen LogP contribution in [-0.4, -0.2) is 20.9 Å². The van der Waals surface area contributed by atoms with Crippen LogP contribution in [0.25, 0.3) is 0 Å². The van der Waals surface area contributed by atoms with Gasteiger partial charge in [0.1, 0.15) is 0 Å². The Labute approximate surface area is 122 Å². The van der Waals surface area contributed by atoms with Crippen molar-refractivity contribution in [3.8, 4) is 0 Å². The van der Waals surface area contributed by atoms with E-state index in [9.17, 15) is 13.2 Å². The Hall–Kier alpha value is -0.820. The molecule has 0 fully saturated rings. The van der Waals surface area contributed by atoms with Gasteiger partial charge in [0.25, 0.3) is 5.91 Å². The summed E-state index contributed by atoms with van der Waals surface area (Å²) in [5, 5.41) is 7.60. The topological polar surface area (TPSA) is 89.3 Å². The summed E-state index contributed by atoms with van der Waals surface area (Å²) in [5.74, 6) is -0.481. The number of hydrogen-bond acceptors (Lipinski definition) is 3. The van der Waals surface area contributed by atoms with E-state index in [1.165, 1.54) is 0 Å². The number of primary sulfonamides is 1. The lowest BCUT2D eigenvalue weighted by Gasteiger charge is -2.09. The number of benzene rings is 1. The number of carbonyl (C=O) groups excluding carboxylic acids is 1. The van der Waals surface area contributed by atoms with Crippen LogP contribution < -0.4 is 10.5 Å². The first-order valence-electron chi connectivity index (χ1n) is 5.57. The van der Waals surface area contributed by atoms with Gasteiger partial charge < -0.3 is 5.32 Å². The number of nitrogens with two attached hydrogens (primary N) is 1. The average molecular weight is 325 g/mol. The fourth-order valence-corrected chi connectivity index (χ4v) is 2.41. The third-order valence-corrected chi connectivity index (χ3v) is 4.09. The van der Waals surface area contributed by atoms with Gasteiger partial charge in [-0.3, -0.25) is 4.79 Å². The molecule has 1 amide bonds. The summed E-state index contributed by atoms with van der Waals surface area (Å²) in [6, 6.07) is 2.23. The van der Waals surface area contributed by atoms with Gasteiger partial charge in [-0.25, -0.2) is 13.6 Å². The molecule has 106 valence electrons. The summed E-state index contributed by atoms with van der Waals surface area (Å²) in [6.45, 7) is 2.46. The number of sulfonamides is 1. The van der Waals surface area contributed by atoms with Crippen molar-refractivity contribution >= 4 is 39.1 Å². The zero-order valence-corrected chi connectivity index (χ0v) is 12.6. The minimum absolute atomic E-state index is 0.00284. The van der Waals surface area contributed by atoms with Gasteiger partial charge in [0.05, 0.1) is 20.5 Å². The van der Waals surface area contributed by atoms with E-state index in [0.29, 0.717) is 6.54 Å². The van der Waals surface area contributed by atoms with Gasteiger partial charge >= 0.3 is 0 Å². The molecule has 19 heavy (non-hydrogen) atoms. The van der Waals surface area contributed by atoms with Crippen molar-refractivity contribution < 1.29 is 13.2 Å². The zero-order valence-electron chi connectivity index (χ0n) is 10.2. The molecular weight excluding hydrogens is 311 g/mol. The van der Waals surface area contributed by atoms with Crippen molar-refractivity contribution in [3.63, 3.8) is 0 Å². The van der Waals surface area contributed by atoms with Crippen molar-refractivity contribution in [2.75, 3.05) is 6.54 Å². The van der Waals surface area contributed by atoms with Crippen molar-refractivity contribution in [3.05, 3.63) is 27.7 Å². The molecule has 0 saturated heterocycles. The molecule has 5 nitrogen and oxygen atoms in total. The molecule has 0 atom stereocenters. The molecule has 0 aliphatic heterocycles. The molecule has 0 aliphatic rings. The number of hydrogen-bond donors (Lipinski definition) is 2. The number of halogens is 2. The quantitative estimate of drug-likeness (QED) is 0.813. The first kappa shape index (κ1) is 16.2. The summed E-state index contributed by atoms with van der Waals surface area (Å²) >= 11 is 11.7. The van der Waals surface area contributed by atoms with Crippen LogP contribution >= 0.6 is 23.2 Å². The number of carbonyl (C=O) groups is 1. The Morgan fingerprint density at radius 1 is 1.37 bits per heavy atom. The lowest BCUT2D eigenvalue weighted by molar-refractivity contribution is 0.0953. The second-order valence-corrected chi connectivity index (χ2v) is 6.27. The van der Waals surface area contributed by atoms with E-state index >= 15 is 0 Å². The maximum atomic E-state index is 11.9. The molecule has 1 rings (SSSR count). The van der Waals surface area contributed by atoms with E-state index in [1.54, 1.807) is 0 Å². The molecule has 1 aromatic rings. The van der Waals surface area contributed by atoms with Gasteiger partial charge in [-0.2, -0.15) is 0 Å². The maximum absolute atomic E-state index is 11.9. The molecule has 0 unspecified atom stereocenters. The summed E-state index contributed by atoms with van der Waals surface area (Å²) < 4.78 is 22.6. The van der Waals surface area contributed by atoms with Crippen LogP contribution in [0.5, 0.6) is 0 Å². The number of unbranched alkanes of at least 4 members (excludes halogenated alkanes) is 1. The third kappa shape index (κ3) is 4.35. The Morgan fingerprint density at radius 2 is 2.00 bits per heavy atom. The highest BCUT2D eigenvalue weighted by Crippen LogP contribution is 2.29. The van der Waals surface area contributed by atoms with E-state index in [1.807, 2.05) is 6.92 Å². The lowest BCUT2D eigenvalue weighted by Crippen LogP contribution is -2.25. The molecule has 0 spiro atoms. The van der Waals surface area contributed by atoms with Crippen LogP contribution in [-0.2, 0) is 10.0 Å². The van der Waals surface area contributed by atoms with E-state index in [0.717, 1.165) is 25.0 Å². The molecule has 0 radical (unpaired) electrons. The second-order valence-electron chi connectivity index (χ2n) is 3.92. The number of nitrogens with one attached hydrogen (secondary N) is 1. The van der Waals surface area contributed by atoms with E-state index < -0.39 is 15.9 Å². The molecule has 0 heterocycles. The Bertz CT molecular complexity index is 588. The minimum atomic E-state index is -3.95. The predicted octanol–water partition coefficient (Wildman–Crippen LogP) is 2.17. The van der Waals surface area contributed by atoms with E-state index in [4.69, 9.17) is 28.3 Å². The Morgan fingerprint density at radius 3 is 2.53 bits per heavy atom. The molecule has 8 heteroatoms. The fourth-order valence-electron chi connectivity index (χ4n) is 1.37. The number of amides is 1. The van der Waals surface area contributed by atoms with Crippen LogP contribution in [0.3, 0.4) is 0 Å². The Balaban J connectivity index is 3.13. The van der Waals surface area contributed by atoms with Crippen LogP contribution in [0.4, 0.5) is 0 Å². The van der Waals surface area contributed by atoms with Crippen LogP contribution in [0.15, 0.2) is 17.0 Å². The van der Waals surface area contributed by atoms with Crippen LogP contribution in [0, 0.1) is 0 Å². The van der Waals surface area contributed by atoms with Crippen molar-refractivity contribution in [2.45, 2.75) is 24.7 Å². The third-order valence-electron chi connectivity index (χ3n) is 2.39. The molecule has 0 bridgehead atoms. The summed E-state index contributed by atoms with van der Waals surface area (Å²) in [5.41, 5.74) is -0.00528. The lowest BCUT2D eigenvalue weighted by atomic mass is 10.2. The minimum Gasteiger partial charge on any atom is -0.352 e. The average Bonchev–Trinajstić information content (AvgIpc) is 2.31.